The van der Waals surface area contributed by atoms with Gasteiger partial charge in [0.1, 0.15) is 111 Å². The summed E-state index contributed by atoms with van der Waals surface area (Å²) in [6.07, 6.45) is 28.5. The Morgan fingerprint density at radius 2 is 0.761 bits per heavy atom. The number of hydrogen-bond donors (Lipinski definition) is 8. The molecule has 12 N–H and O–H groups in total. The molecule has 5 fully saturated rings. The van der Waals surface area contributed by atoms with Crippen LogP contribution < -0.4 is 61.9 Å². The van der Waals surface area contributed by atoms with E-state index in [1.807, 2.05) is 62.1 Å². The lowest BCUT2D eigenvalue weighted by molar-refractivity contribution is -0.134. The Bertz CT molecular complexity index is 7460. The number of pyridine rings is 1. The highest BCUT2D eigenvalue weighted by Crippen LogP contribution is 2.53. The van der Waals surface area contributed by atoms with Crippen molar-refractivity contribution in [2.45, 2.75) is 237 Å². The normalized spacial score (nSPS) is 17.8. The van der Waals surface area contributed by atoms with Crippen LogP contribution in [0.1, 0.15) is 183 Å². The first-order valence-corrected chi connectivity index (χ1v) is 52.4. The van der Waals surface area contributed by atoms with Gasteiger partial charge in [-0.25, -0.2) is 112 Å². The first-order valence-electron chi connectivity index (χ1n) is 46.2. The second-order valence-electron chi connectivity index (χ2n) is 36.5. The van der Waals surface area contributed by atoms with Crippen LogP contribution in [-0.2, 0) is 95.6 Å². The van der Waals surface area contributed by atoms with Crippen LogP contribution in [0.2, 0.25) is 0 Å². The number of benzene rings is 3. The maximum Gasteiger partial charge on any atom is 0.309 e. The molecule has 0 unspecified atom stereocenters. The monoisotopic (exact) mass is 2030 g/mol. The number of carbonyl (C=O) groups excluding carboxylic acids is 3. The molecule has 748 valence electrons. The van der Waals surface area contributed by atoms with Gasteiger partial charge in [0.25, 0.3) is 0 Å². The van der Waals surface area contributed by atoms with Crippen LogP contribution in [0.15, 0.2) is 162 Å². The molecule has 9 aliphatic rings. The average molecular weight is 2030 g/mol. The highest BCUT2D eigenvalue weighted by Gasteiger charge is 2.54. The van der Waals surface area contributed by atoms with Crippen molar-refractivity contribution in [3.05, 3.63) is 139 Å². The highest BCUT2D eigenvalue weighted by atomic mass is 32.2. The van der Waals surface area contributed by atoms with Gasteiger partial charge in [-0.15, -0.1) is 20.4 Å². The summed E-state index contributed by atoms with van der Waals surface area (Å²) >= 11 is 0. The standard InChI is InChI=1S/C24H26FN7O4S.C24H28FN7O4S.C23H26FN7O4S.C20H24N8O3S/c1-14(33)36-22-24(9-3-2-4-10-24)31-20(32(30-22)17-6-7-17)11-15-13-27-23(29-21(15)31)28-16-5-8-19(18(25)12-16)37(26,34)35;1-14(2)32-20-11-16-13-27-23(28-17-7-8-19(18(25)12-17)37(26,34)35)29-21(16)31(20)24(9-5-4-6-10-24)22(30-32)36-15(3)33;1-3-30-19-11-15-13-26-22(27-16-7-8-18(17(24)12-16)36(25,33)34)28-20(15)31(19)23(9-5-4-6-10-23)21(29-30)35-14(2)32;1-27-16-10-13-11-23-19(24-15-7-6-14(12-22-15)32(21,29)30)25-17(13)28(16)20(18(26-27)31-2)8-4-3-5-9-20/h5,8,11-13,17H,2-4,6-7,9-10H2,1H3,(H2,26,34,35)(H,27,28,29);7-8,11-14H,4-6,9-10H2,1-3H3,(H2,26,34,35)(H,27,28,29);7-8,11-13H,3-6,9-10H2,1-2H3,(H2,25,33,34)(H,26,27,28);6-7,10-12H,3-5,8-9H2,1-2H3,(H2,21,29,30)(H,22,23,24,25). The van der Waals surface area contributed by atoms with E-state index in [9.17, 15) is 61.2 Å². The fourth-order valence-electron chi connectivity index (χ4n) is 20.0. The van der Waals surface area contributed by atoms with Gasteiger partial charge in [0.05, 0.1) is 13.2 Å². The Balaban J connectivity index is 0.000000125. The van der Waals surface area contributed by atoms with Crippen LogP contribution in [0.4, 0.5) is 83.1 Å². The number of aromatic nitrogens is 13. The van der Waals surface area contributed by atoms with Gasteiger partial charge in [0, 0.05) is 110 Å². The van der Waals surface area contributed by atoms with Crippen molar-refractivity contribution in [2.24, 2.45) is 41.0 Å². The number of halogens is 3. The Morgan fingerprint density at radius 3 is 1.11 bits per heavy atom. The number of nitrogens with zero attached hydrogens (tertiary/aromatic N) is 21. The molecule has 0 saturated heterocycles. The quantitative estimate of drug-likeness (QED) is 0.0349. The molecule has 51 heteroatoms. The van der Waals surface area contributed by atoms with Crippen molar-refractivity contribution in [3.63, 3.8) is 0 Å². The molecule has 13 heterocycles. The lowest BCUT2D eigenvalue weighted by atomic mass is 9.80. The van der Waals surface area contributed by atoms with E-state index in [2.05, 4.69) is 64.5 Å². The van der Waals surface area contributed by atoms with Gasteiger partial charge in [0.15, 0.2) is 0 Å². The molecule has 0 amide bonds. The predicted octanol–water partition coefficient (Wildman–Crippen LogP) is 12.8. The Labute approximate surface area is 813 Å². The van der Waals surface area contributed by atoms with Crippen molar-refractivity contribution in [1.29, 1.82) is 0 Å². The minimum atomic E-state index is -4.19. The summed E-state index contributed by atoms with van der Waals surface area (Å²) in [5.41, 5.74) is 1.05. The van der Waals surface area contributed by atoms with Gasteiger partial charge in [-0.05, 0) is 176 Å². The number of hydrazone groups is 4. The van der Waals surface area contributed by atoms with Crippen molar-refractivity contribution in [1.82, 2.24) is 63.1 Å². The third-order valence-electron chi connectivity index (χ3n) is 26.4. The third kappa shape index (κ3) is 19.0. The van der Waals surface area contributed by atoms with E-state index in [4.69, 9.17) is 79.8 Å². The summed E-state index contributed by atoms with van der Waals surface area (Å²) in [4.78, 5) is 74.9. The molecule has 0 radical (unpaired) electrons. The van der Waals surface area contributed by atoms with Gasteiger partial charge < -0.3 is 40.2 Å². The molecule has 5 aliphatic carbocycles. The molecule has 0 atom stereocenters. The first-order chi connectivity index (χ1) is 67.6. The topological polar surface area (TPSA) is 575 Å². The molecule has 3 aromatic carbocycles. The Morgan fingerprint density at radius 1 is 0.415 bits per heavy atom. The van der Waals surface area contributed by atoms with Crippen LogP contribution in [0.3, 0.4) is 0 Å². The maximum absolute atomic E-state index is 14.4. The van der Waals surface area contributed by atoms with Crippen molar-refractivity contribution in [3.8, 4) is 0 Å². The molecule has 44 nitrogen and oxygen atoms in total. The molecule has 5 saturated carbocycles. The van der Waals surface area contributed by atoms with Crippen molar-refractivity contribution >= 4 is 196 Å². The second-order valence-corrected chi connectivity index (χ2v) is 42.6. The zero-order chi connectivity index (χ0) is 101. The summed E-state index contributed by atoms with van der Waals surface area (Å²) in [6, 6.07) is 21.6. The number of hydrogen-bond acceptors (Lipinski definition) is 36. The molecule has 21 rings (SSSR count). The number of nitrogens with one attached hydrogen (secondary N) is 4. The molecule has 9 aromatic heterocycles. The average Bonchev–Trinajstić information content (AvgIpc) is 1.55. The number of ether oxygens (including phenoxy) is 4. The SMILES string of the molecule is CC(=O)OC1=NN(C(C)C)c2cc3cnc(Nc4ccc(S(N)(=O)=O)c(F)c4)nc3n2C12CCCCC2.CC(=O)OC1=NN(C2CC2)c2cc3cnc(Nc4ccc(S(N)(=O)=O)c(F)c4)nc3n2C12CCCCC2.CCN1N=C(OC(C)=O)C2(CCCCC2)n2c1cc1cnc(Nc3ccc(S(N)(=O)=O)c(F)c3)nc12.COC1=NN(C)c2cc3cnc(Nc4ccc(S(N)(=O)=O)cn4)nc3n2C12CCCCC2. The Kier molecular flexibility index (Phi) is 26.4. The number of sulfonamides is 4. The molecule has 142 heavy (non-hydrogen) atoms. The van der Waals surface area contributed by atoms with E-state index in [-0.39, 0.29) is 57.4 Å². The van der Waals surface area contributed by atoms with Crippen molar-refractivity contribution < 1.29 is 80.2 Å². The largest absolute Gasteiger partial charge is 0.481 e. The van der Waals surface area contributed by atoms with E-state index in [0.29, 0.717) is 58.8 Å². The van der Waals surface area contributed by atoms with E-state index in [1.54, 1.807) is 41.9 Å². The van der Waals surface area contributed by atoms with E-state index in [1.165, 1.54) is 63.7 Å². The summed E-state index contributed by atoms with van der Waals surface area (Å²) < 4.78 is 167. The number of fused-ring (bicyclic) bond motifs is 16. The Hall–Kier alpha value is -14.0. The second kappa shape index (κ2) is 38.1. The van der Waals surface area contributed by atoms with Gasteiger partial charge in [-0.3, -0.25) is 32.7 Å². The number of rotatable bonds is 15. The highest BCUT2D eigenvalue weighted by molar-refractivity contribution is 7.90. The van der Waals surface area contributed by atoms with Gasteiger partial charge in [-0.2, -0.15) is 19.9 Å². The molecular formula is C91H104F3N29O15S4. The number of primary sulfonamides is 4. The first kappa shape index (κ1) is 98.2. The van der Waals surface area contributed by atoms with Gasteiger partial charge in [0.2, 0.25) is 87.5 Å². The summed E-state index contributed by atoms with van der Waals surface area (Å²) in [7, 11) is -12.8. The molecule has 4 spiro atoms. The molecule has 0 bridgehead atoms. The third-order valence-corrected chi connectivity index (χ3v) is 30.1. The number of carbonyl (C=O) groups is 3. The number of nitrogens with two attached hydrogens (primary N) is 4. The minimum Gasteiger partial charge on any atom is -0.481 e. The van der Waals surface area contributed by atoms with E-state index in [0.717, 1.165) is 222 Å². The van der Waals surface area contributed by atoms with Crippen LogP contribution in [0, 0.1) is 17.5 Å². The van der Waals surface area contributed by atoms with Gasteiger partial charge >= 0.3 is 17.9 Å². The lowest BCUT2D eigenvalue weighted by Gasteiger charge is -2.44. The summed E-state index contributed by atoms with van der Waals surface area (Å²) in [5.74, 6) is 2.37. The summed E-state index contributed by atoms with van der Waals surface area (Å²) in [6.45, 7) is 10.6. The lowest BCUT2D eigenvalue weighted by Crippen LogP contribution is -2.51. The molecule has 12 aromatic rings. The zero-order valence-corrected chi connectivity index (χ0v) is 81.8. The zero-order valence-electron chi connectivity index (χ0n) is 78.6. The van der Waals surface area contributed by atoms with Crippen LogP contribution >= 0.6 is 0 Å². The summed E-state index contributed by atoms with van der Waals surface area (Å²) in [5, 5.41) is 61.8. The van der Waals surface area contributed by atoms with E-state index >= 15 is 0 Å². The van der Waals surface area contributed by atoms with Gasteiger partial charge in [-0.1, -0.05) is 77.0 Å². The minimum absolute atomic E-state index is 0.0274. The maximum atomic E-state index is 14.4. The number of methoxy groups -OCH3 is 1. The predicted molar refractivity (Wildman–Crippen MR) is 523 cm³/mol. The number of esters is 3. The fraction of sp³-hybridized carbons (Fsp3) is 0.407. The molecule has 4 aliphatic heterocycles. The number of anilines is 12. The smallest absolute Gasteiger partial charge is 0.309 e. The fourth-order valence-corrected chi connectivity index (χ4v) is 22.3. The van der Waals surface area contributed by atoms with Crippen LogP contribution in [0.25, 0.3) is 44.1 Å². The van der Waals surface area contributed by atoms with E-state index < -0.39 is 107 Å². The van der Waals surface area contributed by atoms with Crippen LogP contribution in [-0.4, -0.2) is 171 Å². The van der Waals surface area contributed by atoms with Crippen LogP contribution in [0.5, 0.6) is 0 Å². The van der Waals surface area contributed by atoms with Crippen molar-refractivity contribution in [2.75, 3.05) is 62.0 Å². The molecular weight excluding hydrogens is 1920 g/mol.